The summed E-state index contributed by atoms with van der Waals surface area (Å²) in [7, 11) is 0. The van der Waals surface area contributed by atoms with Gasteiger partial charge >= 0.3 is 5.97 Å². The molecule has 0 spiro atoms. The van der Waals surface area contributed by atoms with E-state index in [4.69, 9.17) is 5.11 Å². The Morgan fingerprint density at radius 2 is 1.86 bits per heavy atom. The predicted octanol–water partition coefficient (Wildman–Crippen LogP) is 3.21. The minimum atomic E-state index is -1.11. The summed E-state index contributed by atoms with van der Waals surface area (Å²) in [5.41, 5.74) is 0.475. The number of rotatable bonds is 4. The van der Waals surface area contributed by atoms with Crippen LogP contribution in [0.5, 0.6) is 0 Å². The Hall–Kier alpha value is -1.91. The highest BCUT2D eigenvalue weighted by Gasteiger charge is 2.31. The van der Waals surface area contributed by atoms with Crippen molar-refractivity contribution in [3.63, 3.8) is 0 Å². The number of aromatic nitrogens is 1. The number of carboxylic acids is 1. The van der Waals surface area contributed by atoms with Gasteiger partial charge in [-0.3, -0.25) is 4.79 Å². The van der Waals surface area contributed by atoms with Crippen molar-refractivity contribution in [1.82, 2.24) is 9.88 Å². The summed E-state index contributed by atoms with van der Waals surface area (Å²) in [6.45, 7) is 5.89. The van der Waals surface area contributed by atoms with Crippen LogP contribution in [0.3, 0.4) is 0 Å². The van der Waals surface area contributed by atoms with E-state index in [2.05, 4.69) is 18.8 Å². The van der Waals surface area contributed by atoms with Crippen LogP contribution < -0.4 is 0 Å². The molecule has 0 saturated carbocycles. The van der Waals surface area contributed by atoms with Crippen LogP contribution in [0, 0.1) is 5.41 Å². The number of carboxylic acid groups (broad SMARTS) is 1. The fourth-order valence-electron chi connectivity index (χ4n) is 3.25. The summed E-state index contributed by atoms with van der Waals surface area (Å²) < 4.78 is 0. The van der Waals surface area contributed by atoms with Gasteiger partial charge in [0.15, 0.2) is 0 Å². The summed E-state index contributed by atoms with van der Waals surface area (Å²) >= 11 is 0. The minimum absolute atomic E-state index is 0.0860. The molecule has 1 aromatic heterocycles. The van der Waals surface area contributed by atoms with Crippen molar-refractivity contribution in [1.29, 1.82) is 0 Å². The van der Waals surface area contributed by atoms with Gasteiger partial charge in [-0.25, -0.2) is 9.78 Å². The van der Waals surface area contributed by atoms with Gasteiger partial charge in [0.25, 0.3) is 5.91 Å². The second-order valence-corrected chi connectivity index (χ2v) is 6.07. The number of likely N-dealkylation sites (tertiary alicyclic amines) is 1. The Balaban J connectivity index is 2.13. The molecule has 0 atom stereocenters. The number of hydrogen-bond donors (Lipinski definition) is 1. The lowest BCUT2D eigenvalue weighted by molar-refractivity contribution is 0.0689. The van der Waals surface area contributed by atoms with Crippen molar-refractivity contribution in [3.8, 4) is 0 Å². The Bertz CT molecular complexity index is 553. The average molecular weight is 304 g/mol. The van der Waals surface area contributed by atoms with Gasteiger partial charge < -0.3 is 10.0 Å². The zero-order valence-electron chi connectivity index (χ0n) is 13.3. The van der Waals surface area contributed by atoms with E-state index < -0.39 is 5.97 Å². The van der Waals surface area contributed by atoms with E-state index in [9.17, 15) is 9.59 Å². The van der Waals surface area contributed by atoms with Crippen LogP contribution in [0.15, 0.2) is 18.2 Å². The van der Waals surface area contributed by atoms with E-state index in [0.29, 0.717) is 5.41 Å². The lowest BCUT2D eigenvalue weighted by Crippen LogP contribution is -2.33. The first-order valence-electron chi connectivity index (χ1n) is 8.01. The van der Waals surface area contributed by atoms with Crippen molar-refractivity contribution >= 4 is 11.9 Å². The van der Waals surface area contributed by atoms with Crippen LogP contribution in [0.1, 0.15) is 66.9 Å². The normalized spacial score (nSPS) is 17.8. The molecule has 1 amide bonds. The zero-order chi connectivity index (χ0) is 16.2. The molecule has 0 bridgehead atoms. The topological polar surface area (TPSA) is 70.5 Å². The molecule has 2 heterocycles. The Kier molecular flexibility index (Phi) is 5.16. The molecule has 0 unspecified atom stereocenters. The molecule has 0 aromatic carbocycles. The molecule has 1 aliphatic heterocycles. The molecule has 1 N–H and O–H groups in total. The van der Waals surface area contributed by atoms with Gasteiger partial charge in [-0.05, 0) is 36.8 Å². The summed E-state index contributed by atoms with van der Waals surface area (Å²) in [5, 5.41) is 8.99. The number of pyridine rings is 1. The minimum Gasteiger partial charge on any atom is -0.477 e. The Morgan fingerprint density at radius 1 is 1.18 bits per heavy atom. The maximum atomic E-state index is 12.6. The van der Waals surface area contributed by atoms with Gasteiger partial charge in [-0.15, -0.1) is 0 Å². The third-order valence-corrected chi connectivity index (χ3v) is 5.02. The fourth-order valence-corrected chi connectivity index (χ4v) is 3.25. The van der Waals surface area contributed by atoms with Crippen molar-refractivity contribution in [3.05, 3.63) is 29.6 Å². The summed E-state index contributed by atoms with van der Waals surface area (Å²) in [6.07, 6.45) is 5.42. The third kappa shape index (κ3) is 3.46. The number of aromatic carboxylic acids is 1. The van der Waals surface area contributed by atoms with Crippen LogP contribution >= 0.6 is 0 Å². The molecule has 1 aromatic rings. The molecule has 1 saturated heterocycles. The lowest BCUT2D eigenvalue weighted by atomic mass is 9.76. The number of carbonyl (C=O) groups is 2. The molecule has 1 fully saturated rings. The van der Waals surface area contributed by atoms with E-state index in [1.54, 1.807) is 12.1 Å². The van der Waals surface area contributed by atoms with Crippen molar-refractivity contribution in [2.45, 2.75) is 46.0 Å². The third-order valence-electron chi connectivity index (χ3n) is 5.02. The largest absolute Gasteiger partial charge is 0.477 e. The standard InChI is InChI=1S/C17H24N2O3/c1-3-17(4-2)9-6-11-19(12-10-17)15(20)13-7-5-8-14(18-13)16(21)22/h5,7-8H,3-4,6,9-12H2,1-2H3,(H,21,22). The molecule has 0 aliphatic carbocycles. The van der Waals surface area contributed by atoms with E-state index in [1.165, 1.54) is 6.07 Å². The highest BCUT2D eigenvalue weighted by Crippen LogP contribution is 2.38. The van der Waals surface area contributed by atoms with Crippen LogP contribution in [0.4, 0.5) is 0 Å². The lowest BCUT2D eigenvalue weighted by Gasteiger charge is -2.30. The smallest absolute Gasteiger partial charge is 0.354 e. The second-order valence-electron chi connectivity index (χ2n) is 6.07. The van der Waals surface area contributed by atoms with Gasteiger partial charge in [0, 0.05) is 13.1 Å². The highest BCUT2D eigenvalue weighted by atomic mass is 16.4. The first-order valence-corrected chi connectivity index (χ1v) is 8.01. The Labute approximate surface area is 131 Å². The van der Waals surface area contributed by atoms with E-state index in [1.807, 2.05) is 4.90 Å². The average Bonchev–Trinajstić information content (AvgIpc) is 2.77. The van der Waals surface area contributed by atoms with Crippen molar-refractivity contribution < 1.29 is 14.7 Å². The summed E-state index contributed by atoms with van der Waals surface area (Å²) in [4.78, 5) is 29.4. The number of amides is 1. The second kappa shape index (κ2) is 6.90. The van der Waals surface area contributed by atoms with E-state index in [0.717, 1.165) is 45.2 Å². The summed E-state index contributed by atoms with van der Waals surface area (Å²) in [6, 6.07) is 4.57. The van der Waals surface area contributed by atoms with E-state index >= 15 is 0 Å². The molecular formula is C17H24N2O3. The fraction of sp³-hybridized carbons (Fsp3) is 0.588. The van der Waals surface area contributed by atoms with Gasteiger partial charge in [0.05, 0.1) is 0 Å². The van der Waals surface area contributed by atoms with Gasteiger partial charge in [-0.2, -0.15) is 0 Å². The number of hydrogen-bond acceptors (Lipinski definition) is 3. The number of carbonyl (C=O) groups excluding carboxylic acids is 1. The highest BCUT2D eigenvalue weighted by molar-refractivity contribution is 5.94. The van der Waals surface area contributed by atoms with Crippen molar-refractivity contribution in [2.24, 2.45) is 5.41 Å². The van der Waals surface area contributed by atoms with Gasteiger partial charge in [-0.1, -0.05) is 32.8 Å². The maximum Gasteiger partial charge on any atom is 0.354 e. The van der Waals surface area contributed by atoms with Gasteiger partial charge in [0.1, 0.15) is 11.4 Å². The molecular weight excluding hydrogens is 280 g/mol. The van der Waals surface area contributed by atoms with Crippen LogP contribution in [0.2, 0.25) is 0 Å². The first-order chi connectivity index (χ1) is 10.5. The molecule has 0 radical (unpaired) electrons. The molecule has 120 valence electrons. The maximum absolute atomic E-state index is 12.6. The number of nitrogens with zero attached hydrogens (tertiary/aromatic N) is 2. The van der Waals surface area contributed by atoms with E-state index in [-0.39, 0.29) is 17.3 Å². The van der Waals surface area contributed by atoms with Gasteiger partial charge in [0.2, 0.25) is 0 Å². The molecule has 2 rings (SSSR count). The van der Waals surface area contributed by atoms with Crippen molar-refractivity contribution in [2.75, 3.05) is 13.1 Å². The molecule has 1 aliphatic rings. The zero-order valence-corrected chi connectivity index (χ0v) is 13.3. The van der Waals surface area contributed by atoms with Crippen LogP contribution in [-0.4, -0.2) is 40.0 Å². The Morgan fingerprint density at radius 3 is 2.50 bits per heavy atom. The monoisotopic (exact) mass is 304 g/mol. The van der Waals surface area contributed by atoms with Crippen LogP contribution in [-0.2, 0) is 0 Å². The SMILES string of the molecule is CCC1(CC)CCCN(C(=O)c2cccc(C(=O)O)n2)CC1. The first kappa shape index (κ1) is 16.5. The molecule has 5 heteroatoms. The van der Waals surface area contributed by atoms with Crippen LogP contribution in [0.25, 0.3) is 0 Å². The predicted molar refractivity (Wildman–Crippen MR) is 84.0 cm³/mol. The molecule has 22 heavy (non-hydrogen) atoms. The molecule has 5 nitrogen and oxygen atoms in total. The summed E-state index contributed by atoms with van der Waals surface area (Å²) in [5.74, 6) is -1.27. The quantitative estimate of drug-likeness (QED) is 0.927.